The molecule has 0 unspecified atom stereocenters. The number of thiazole rings is 1. The van der Waals surface area contributed by atoms with E-state index in [1.165, 1.54) is 29.9 Å². The third-order valence-corrected chi connectivity index (χ3v) is 3.47. The van der Waals surface area contributed by atoms with Crippen LogP contribution in [0.1, 0.15) is 10.6 Å². The molecule has 0 saturated heterocycles. The first-order valence-electron chi connectivity index (χ1n) is 3.86. The van der Waals surface area contributed by atoms with Crippen molar-refractivity contribution >= 4 is 42.4 Å². The summed E-state index contributed by atoms with van der Waals surface area (Å²) < 4.78 is 5.51. The topological polar surface area (TPSA) is 39.2 Å². The van der Waals surface area contributed by atoms with Gasteiger partial charge in [-0.3, -0.25) is 0 Å². The van der Waals surface area contributed by atoms with Crippen LogP contribution in [0.4, 0.5) is 0 Å². The molecule has 71 valence electrons. The van der Waals surface area contributed by atoms with Crippen LogP contribution in [0.25, 0.3) is 0 Å². The van der Waals surface area contributed by atoms with E-state index in [0.717, 1.165) is 12.1 Å². The number of aromatic nitrogens is 1. The number of hydrogen-bond donors (Lipinski definition) is 0. The zero-order valence-corrected chi connectivity index (χ0v) is 11.3. The van der Waals surface area contributed by atoms with Crippen molar-refractivity contribution in [1.82, 2.24) is 4.98 Å². The van der Waals surface area contributed by atoms with Crippen LogP contribution in [-0.2, 0) is 16.0 Å². The number of hydrogen-bond acceptors (Lipinski definition) is 4. The van der Waals surface area contributed by atoms with Crippen LogP contribution >= 0.6 is 11.3 Å². The molecule has 0 aliphatic rings. The van der Waals surface area contributed by atoms with Gasteiger partial charge in [0, 0.05) is 0 Å². The van der Waals surface area contributed by atoms with E-state index < -0.39 is 0 Å². The number of carbonyl (C=O) groups excluding carboxylic acids is 1. The first kappa shape index (κ1) is 11.1. The molecular weight excluding hydrogens is 383 g/mol. The molecular formula is C8H10NO2PoS. The van der Waals surface area contributed by atoms with Crippen LogP contribution in [0.5, 0.6) is 0 Å². The van der Waals surface area contributed by atoms with Gasteiger partial charge in [0.05, 0.1) is 0 Å². The van der Waals surface area contributed by atoms with Gasteiger partial charge in [0.1, 0.15) is 0 Å². The summed E-state index contributed by atoms with van der Waals surface area (Å²) >= 11 is 2.86. The zero-order valence-electron chi connectivity index (χ0n) is 7.28. The number of rotatable bonds is 4. The molecule has 1 heterocycles. The Bertz CT molecular complexity index is 287. The third kappa shape index (κ3) is 3.70. The second-order valence-corrected chi connectivity index (χ2v) is 4.54. The van der Waals surface area contributed by atoms with Gasteiger partial charge >= 0.3 is 97.0 Å². The van der Waals surface area contributed by atoms with Crippen molar-refractivity contribution in [3.05, 3.63) is 16.1 Å². The number of ether oxygens (including phenoxy) is 1. The summed E-state index contributed by atoms with van der Waals surface area (Å²) in [5.74, 6) is -0.0998. The molecule has 13 heavy (non-hydrogen) atoms. The summed E-state index contributed by atoms with van der Waals surface area (Å²) in [4.78, 5) is 16.1. The maximum absolute atomic E-state index is 10.8. The van der Waals surface area contributed by atoms with E-state index in [-0.39, 0.29) is 5.97 Å². The van der Waals surface area contributed by atoms with Gasteiger partial charge in [0.25, 0.3) is 0 Å². The van der Waals surface area contributed by atoms with Gasteiger partial charge in [-0.15, -0.1) is 0 Å². The van der Waals surface area contributed by atoms with Crippen LogP contribution in [0, 0.1) is 6.92 Å². The molecule has 0 atom stereocenters. The summed E-state index contributed by atoms with van der Waals surface area (Å²) in [7, 11) is 0. The minimum absolute atomic E-state index is 0.0998. The second-order valence-electron chi connectivity index (χ2n) is 2.48. The first-order chi connectivity index (χ1) is 6.24. The summed E-state index contributed by atoms with van der Waals surface area (Å²) in [5, 5.41) is 0. The molecule has 0 bridgehead atoms. The molecule has 0 amide bonds. The van der Waals surface area contributed by atoms with E-state index in [1.54, 1.807) is 11.3 Å². The van der Waals surface area contributed by atoms with Gasteiger partial charge < -0.3 is 0 Å². The Hall–Kier alpha value is -0.00390. The molecule has 1 aromatic heterocycles. The summed E-state index contributed by atoms with van der Waals surface area (Å²) in [6.45, 7) is 2.45. The molecule has 1 radical (unpaired) electrons. The number of carbonyl (C=O) groups is 1. The van der Waals surface area contributed by atoms with Crippen molar-refractivity contribution in [3.8, 4) is 0 Å². The van der Waals surface area contributed by atoms with Crippen LogP contribution < -0.4 is 0 Å². The Morgan fingerprint density at radius 3 is 3.08 bits per heavy atom. The van der Waals surface area contributed by atoms with Crippen LogP contribution in [-0.4, -0.2) is 42.6 Å². The minimum atomic E-state index is -0.0998. The fourth-order valence-electron chi connectivity index (χ4n) is 0.865. The Morgan fingerprint density at radius 2 is 2.54 bits per heavy atom. The van der Waals surface area contributed by atoms with Gasteiger partial charge in [-0.2, -0.15) is 0 Å². The van der Waals surface area contributed by atoms with Gasteiger partial charge in [-0.1, -0.05) is 0 Å². The fourth-order valence-corrected chi connectivity index (χ4v) is 1.95. The SMILES string of the molecule is Cc1ncsc1CCOC(=O)[CH2][Po]. The zero-order chi connectivity index (χ0) is 9.68. The Kier molecular flexibility index (Phi) is 4.83. The number of nitrogens with zero attached hydrogens (tertiary/aromatic N) is 1. The summed E-state index contributed by atoms with van der Waals surface area (Å²) in [5.41, 5.74) is 2.86. The molecule has 1 aromatic rings. The summed E-state index contributed by atoms with van der Waals surface area (Å²) in [6, 6.07) is 0. The molecule has 3 nitrogen and oxygen atoms in total. The van der Waals surface area contributed by atoms with E-state index in [2.05, 4.69) is 4.98 Å². The normalized spacial score (nSPS) is 10.0. The third-order valence-electron chi connectivity index (χ3n) is 1.55. The number of esters is 1. The van der Waals surface area contributed by atoms with E-state index >= 15 is 0 Å². The molecule has 0 aliphatic heterocycles. The quantitative estimate of drug-likeness (QED) is 0.720. The predicted molar refractivity (Wildman–Crippen MR) is 52.1 cm³/mol. The van der Waals surface area contributed by atoms with Crippen molar-refractivity contribution in [3.63, 3.8) is 0 Å². The maximum atomic E-state index is 10.8. The summed E-state index contributed by atoms with van der Waals surface area (Å²) in [6.07, 6.45) is 0.789. The number of aryl methyl sites for hydroxylation is 1. The van der Waals surface area contributed by atoms with Crippen LogP contribution in [0.3, 0.4) is 0 Å². The van der Waals surface area contributed by atoms with Crippen LogP contribution in [0.2, 0.25) is 4.08 Å². The van der Waals surface area contributed by atoms with Crippen molar-refractivity contribution in [2.45, 2.75) is 17.4 Å². The van der Waals surface area contributed by atoms with Crippen molar-refractivity contribution in [2.75, 3.05) is 6.61 Å². The molecule has 0 saturated carbocycles. The van der Waals surface area contributed by atoms with Gasteiger partial charge in [-0.25, -0.2) is 0 Å². The van der Waals surface area contributed by atoms with Crippen molar-refractivity contribution < 1.29 is 9.53 Å². The Balaban J connectivity index is 2.28. The Morgan fingerprint density at radius 1 is 1.77 bits per heavy atom. The predicted octanol–water partition coefficient (Wildman–Crippen LogP) is 1.12. The van der Waals surface area contributed by atoms with Crippen molar-refractivity contribution in [2.24, 2.45) is 0 Å². The molecule has 0 spiro atoms. The van der Waals surface area contributed by atoms with Gasteiger partial charge in [0.2, 0.25) is 0 Å². The van der Waals surface area contributed by atoms with Crippen LogP contribution in [0.15, 0.2) is 5.51 Å². The average Bonchev–Trinajstić information content (AvgIpc) is 2.52. The fraction of sp³-hybridized carbons (Fsp3) is 0.500. The molecule has 0 N–H and O–H groups in total. The standard InChI is InChI=1S/C8H10NO2S.Po/c1-6-8(12-5-9-6)3-4-11-7(2)10;/h5H,2-4H2,1H3;. The average molecular weight is 393 g/mol. The Labute approximate surface area is 96.6 Å². The van der Waals surface area contributed by atoms with Gasteiger partial charge in [-0.05, 0) is 0 Å². The van der Waals surface area contributed by atoms with E-state index in [9.17, 15) is 4.79 Å². The first-order valence-corrected chi connectivity index (χ1v) is 6.99. The second kappa shape index (κ2) is 5.67. The van der Waals surface area contributed by atoms with Crippen molar-refractivity contribution in [1.29, 1.82) is 0 Å². The van der Waals surface area contributed by atoms with E-state index in [0.29, 0.717) is 10.7 Å². The van der Waals surface area contributed by atoms with E-state index in [1.807, 2.05) is 12.4 Å². The monoisotopic (exact) mass is 393 g/mol. The van der Waals surface area contributed by atoms with Gasteiger partial charge in [0.15, 0.2) is 0 Å². The molecule has 5 heteroatoms. The molecule has 1 rings (SSSR count). The van der Waals surface area contributed by atoms with E-state index in [4.69, 9.17) is 4.74 Å². The molecule has 0 aromatic carbocycles. The molecule has 0 fully saturated rings. The molecule has 0 aliphatic carbocycles.